The van der Waals surface area contributed by atoms with Crippen LogP contribution in [0.3, 0.4) is 0 Å². The van der Waals surface area contributed by atoms with E-state index >= 15 is 0 Å². The molecule has 0 spiro atoms. The summed E-state index contributed by atoms with van der Waals surface area (Å²) in [6.07, 6.45) is 0. The number of furan rings is 1. The molecule has 0 unspecified atom stereocenters. The highest BCUT2D eigenvalue weighted by atomic mass is 16.5. The van der Waals surface area contributed by atoms with Crippen molar-refractivity contribution in [1.82, 2.24) is 0 Å². The second kappa shape index (κ2) is 9.82. The minimum atomic E-state index is -0.657. The normalized spacial score (nSPS) is 10.4. The minimum Gasteiger partial charge on any atom is -0.486 e. The molecule has 1 heterocycles. The van der Waals surface area contributed by atoms with Crippen LogP contribution < -0.4 is 10.1 Å². The third-order valence-corrected chi connectivity index (χ3v) is 4.78. The Morgan fingerprint density at radius 2 is 1.50 bits per heavy atom. The van der Waals surface area contributed by atoms with E-state index in [9.17, 15) is 14.4 Å². The van der Waals surface area contributed by atoms with E-state index in [0.29, 0.717) is 11.5 Å². The van der Waals surface area contributed by atoms with Crippen molar-refractivity contribution in [2.75, 3.05) is 19.5 Å². The quantitative estimate of drug-likeness (QED) is 0.550. The molecule has 166 valence electrons. The van der Waals surface area contributed by atoms with Gasteiger partial charge in [0.25, 0.3) is 5.91 Å². The molecular formula is C24H23NO7. The van der Waals surface area contributed by atoms with Crippen LogP contribution >= 0.6 is 0 Å². The first-order valence-electron chi connectivity index (χ1n) is 9.72. The molecule has 0 fully saturated rings. The predicted molar refractivity (Wildman–Crippen MR) is 116 cm³/mol. The van der Waals surface area contributed by atoms with Crippen LogP contribution in [0.25, 0.3) is 0 Å². The lowest BCUT2D eigenvalue weighted by atomic mass is 10.1. The van der Waals surface area contributed by atoms with Gasteiger partial charge in [0, 0.05) is 5.69 Å². The van der Waals surface area contributed by atoms with Crippen LogP contribution in [-0.4, -0.2) is 32.1 Å². The lowest BCUT2D eigenvalue weighted by Crippen LogP contribution is -2.13. The average molecular weight is 437 g/mol. The Morgan fingerprint density at radius 1 is 0.844 bits per heavy atom. The van der Waals surface area contributed by atoms with Crippen molar-refractivity contribution in [3.8, 4) is 5.75 Å². The van der Waals surface area contributed by atoms with E-state index < -0.39 is 17.8 Å². The van der Waals surface area contributed by atoms with Gasteiger partial charge in [0.05, 0.1) is 25.3 Å². The molecule has 0 aliphatic carbocycles. The number of anilines is 1. The second-order valence-electron chi connectivity index (χ2n) is 7.04. The smallest absolute Gasteiger partial charge is 0.337 e. The first-order chi connectivity index (χ1) is 15.3. The maximum absolute atomic E-state index is 12.6. The number of ether oxygens (including phenoxy) is 3. The van der Waals surface area contributed by atoms with E-state index in [1.54, 1.807) is 6.07 Å². The van der Waals surface area contributed by atoms with Gasteiger partial charge in [-0.1, -0.05) is 6.07 Å². The fourth-order valence-corrected chi connectivity index (χ4v) is 2.90. The number of benzene rings is 2. The fraction of sp³-hybridized carbons (Fsp3) is 0.208. The Hall–Kier alpha value is -4.07. The van der Waals surface area contributed by atoms with Crippen molar-refractivity contribution in [3.63, 3.8) is 0 Å². The summed E-state index contributed by atoms with van der Waals surface area (Å²) >= 11 is 0. The number of hydrogen-bond donors (Lipinski definition) is 1. The van der Waals surface area contributed by atoms with E-state index in [2.05, 4.69) is 5.32 Å². The Balaban J connectivity index is 1.72. The lowest BCUT2D eigenvalue weighted by molar-refractivity contribution is 0.0599. The van der Waals surface area contributed by atoms with Crippen LogP contribution in [-0.2, 0) is 16.1 Å². The summed E-state index contributed by atoms with van der Waals surface area (Å²) in [5, 5.41) is 2.61. The molecule has 0 radical (unpaired) electrons. The third-order valence-electron chi connectivity index (χ3n) is 4.78. The Bertz CT molecular complexity index is 1130. The number of amides is 1. The molecule has 3 aromatic rings. The van der Waals surface area contributed by atoms with Gasteiger partial charge in [-0.3, -0.25) is 4.79 Å². The predicted octanol–water partition coefficient (Wildman–Crippen LogP) is 4.30. The zero-order valence-corrected chi connectivity index (χ0v) is 18.2. The number of rotatable bonds is 7. The number of esters is 2. The summed E-state index contributed by atoms with van der Waals surface area (Å²) in [5.74, 6) is -0.658. The third kappa shape index (κ3) is 5.34. The first-order valence-corrected chi connectivity index (χ1v) is 9.72. The SMILES string of the molecule is COC(=O)c1cc(NC(=O)c2ccc(COc3ccc(C)c(C)c3)o2)cc(C(=O)OC)c1. The van der Waals surface area contributed by atoms with Gasteiger partial charge in [-0.05, 0) is 67.4 Å². The van der Waals surface area contributed by atoms with E-state index in [4.69, 9.17) is 18.6 Å². The molecule has 0 atom stereocenters. The first kappa shape index (κ1) is 22.6. The molecular weight excluding hydrogens is 414 g/mol. The van der Waals surface area contributed by atoms with Gasteiger partial charge >= 0.3 is 11.9 Å². The number of carbonyl (C=O) groups is 3. The molecule has 0 saturated heterocycles. The molecule has 0 aliphatic rings. The van der Waals surface area contributed by atoms with Crippen molar-refractivity contribution in [2.24, 2.45) is 0 Å². The van der Waals surface area contributed by atoms with Crippen LogP contribution in [0, 0.1) is 13.8 Å². The molecule has 0 aliphatic heterocycles. The Labute approximate surface area is 185 Å². The van der Waals surface area contributed by atoms with Crippen LogP contribution in [0.2, 0.25) is 0 Å². The number of nitrogens with one attached hydrogen (secondary N) is 1. The second-order valence-corrected chi connectivity index (χ2v) is 7.04. The van der Waals surface area contributed by atoms with E-state index in [1.807, 2.05) is 32.0 Å². The molecule has 8 nitrogen and oxygen atoms in total. The zero-order chi connectivity index (χ0) is 23.3. The number of carbonyl (C=O) groups excluding carboxylic acids is 3. The zero-order valence-electron chi connectivity index (χ0n) is 18.2. The monoisotopic (exact) mass is 437 g/mol. The van der Waals surface area contributed by atoms with Crippen molar-refractivity contribution in [1.29, 1.82) is 0 Å². The summed E-state index contributed by atoms with van der Waals surface area (Å²) in [5.41, 5.74) is 2.67. The largest absolute Gasteiger partial charge is 0.486 e. The molecule has 1 amide bonds. The van der Waals surface area contributed by atoms with Crippen molar-refractivity contribution in [3.05, 3.63) is 82.3 Å². The van der Waals surface area contributed by atoms with Crippen molar-refractivity contribution >= 4 is 23.5 Å². The highest BCUT2D eigenvalue weighted by molar-refractivity contribution is 6.04. The van der Waals surface area contributed by atoms with Crippen LogP contribution in [0.1, 0.15) is 48.2 Å². The van der Waals surface area contributed by atoms with Gasteiger partial charge in [0.15, 0.2) is 5.76 Å². The van der Waals surface area contributed by atoms with Crippen LogP contribution in [0.4, 0.5) is 5.69 Å². The van der Waals surface area contributed by atoms with Gasteiger partial charge in [0.1, 0.15) is 18.1 Å². The molecule has 2 aromatic carbocycles. The van der Waals surface area contributed by atoms with Crippen LogP contribution in [0.15, 0.2) is 52.9 Å². The van der Waals surface area contributed by atoms with Gasteiger partial charge in [0.2, 0.25) is 0 Å². The molecule has 32 heavy (non-hydrogen) atoms. The summed E-state index contributed by atoms with van der Waals surface area (Å²) in [7, 11) is 2.44. The highest BCUT2D eigenvalue weighted by Crippen LogP contribution is 2.20. The molecule has 3 rings (SSSR count). The van der Waals surface area contributed by atoms with Gasteiger partial charge < -0.3 is 23.9 Å². The molecule has 8 heteroatoms. The van der Waals surface area contributed by atoms with Crippen molar-refractivity contribution in [2.45, 2.75) is 20.5 Å². The molecule has 1 aromatic heterocycles. The lowest BCUT2D eigenvalue weighted by Gasteiger charge is -2.09. The van der Waals surface area contributed by atoms with Crippen LogP contribution in [0.5, 0.6) is 5.75 Å². The minimum absolute atomic E-state index is 0.0479. The van der Waals surface area contributed by atoms with Gasteiger partial charge in [-0.2, -0.15) is 0 Å². The average Bonchev–Trinajstić information content (AvgIpc) is 3.27. The van der Waals surface area contributed by atoms with E-state index in [0.717, 1.165) is 5.56 Å². The molecule has 0 bridgehead atoms. The number of aryl methyl sites for hydroxylation is 2. The van der Waals surface area contributed by atoms with Crippen molar-refractivity contribution < 1.29 is 33.0 Å². The topological polar surface area (TPSA) is 104 Å². The molecule has 1 N–H and O–H groups in total. The summed E-state index contributed by atoms with van der Waals surface area (Å²) in [4.78, 5) is 36.4. The fourth-order valence-electron chi connectivity index (χ4n) is 2.90. The van der Waals surface area contributed by atoms with E-state index in [-0.39, 0.29) is 29.2 Å². The number of hydrogen-bond acceptors (Lipinski definition) is 7. The number of methoxy groups -OCH3 is 2. The van der Waals surface area contributed by atoms with Gasteiger partial charge in [-0.15, -0.1) is 0 Å². The standard InChI is InChI=1S/C24H23NO7/c1-14-5-6-19(9-15(14)2)31-13-20-7-8-21(32-20)22(26)25-18-11-16(23(27)29-3)10-17(12-18)24(28)30-4/h5-12H,13H2,1-4H3,(H,25,26). The maximum atomic E-state index is 12.6. The Kier molecular flexibility index (Phi) is 6.94. The Morgan fingerprint density at radius 3 is 2.09 bits per heavy atom. The maximum Gasteiger partial charge on any atom is 0.337 e. The highest BCUT2D eigenvalue weighted by Gasteiger charge is 2.17. The summed E-state index contributed by atoms with van der Waals surface area (Å²) in [6.45, 7) is 4.17. The van der Waals surface area contributed by atoms with Gasteiger partial charge in [-0.25, -0.2) is 9.59 Å². The summed E-state index contributed by atoms with van der Waals surface area (Å²) in [6, 6.07) is 13.0. The molecule has 0 saturated carbocycles. The van der Waals surface area contributed by atoms with E-state index in [1.165, 1.54) is 44.0 Å². The summed E-state index contributed by atoms with van der Waals surface area (Å²) < 4.78 is 20.7.